The van der Waals surface area contributed by atoms with E-state index in [4.69, 9.17) is 4.98 Å². The number of aromatic nitrogens is 2. The molecule has 0 aliphatic carbocycles. The highest BCUT2D eigenvalue weighted by Crippen LogP contribution is 2.34. The monoisotopic (exact) mass is 363 g/mol. The van der Waals surface area contributed by atoms with Crippen molar-refractivity contribution in [2.45, 2.75) is 23.8 Å². The van der Waals surface area contributed by atoms with Gasteiger partial charge in [0.2, 0.25) is 5.91 Å². The molecule has 132 valence electrons. The number of benzene rings is 2. The highest BCUT2D eigenvalue weighted by Gasteiger charge is 2.34. The lowest BCUT2D eigenvalue weighted by Crippen LogP contribution is -2.24. The van der Waals surface area contributed by atoms with E-state index >= 15 is 0 Å². The number of nitrogens with zero attached hydrogens (tertiary/aromatic N) is 3. The first-order chi connectivity index (χ1) is 12.7. The quantitative estimate of drug-likeness (QED) is 0.496. The largest absolute Gasteiger partial charge is 0.324 e. The molecule has 1 amide bonds. The molecule has 1 aromatic heterocycles. The third-order valence-corrected chi connectivity index (χ3v) is 5.58. The van der Waals surface area contributed by atoms with Crippen LogP contribution in [0.3, 0.4) is 0 Å². The van der Waals surface area contributed by atoms with Crippen LogP contribution in [0, 0.1) is 0 Å². The standard InChI is InChI=1S/C21H21N3OS/c1-3-11-23-19-10-5-4-9-18(19)22-21(23)15-12-20(25)24(14-15)16-7-6-8-17(13-16)26-2/h3-10,13,15H,1,11-12,14H2,2H3/t15-/m1/s1. The maximum Gasteiger partial charge on any atom is 0.227 e. The number of anilines is 1. The molecule has 0 bridgehead atoms. The molecule has 0 radical (unpaired) electrons. The van der Waals surface area contributed by atoms with Crippen molar-refractivity contribution >= 4 is 34.4 Å². The summed E-state index contributed by atoms with van der Waals surface area (Å²) in [4.78, 5) is 20.6. The van der Waals surface area contributed by atoms with E-state index in [0.29, 0.717) is 19.5 Å². The van der Waals surface area contributed by atoms with Gasteiger partial charge in [0, 0.05) is 36.0 Å². The van der Waals surface area contributed by atoms with Gasteiger partial charge in [-0.15, -0.1) is 18.3 Å². The van der Waals surface area contributed by atoms with E-state index in [1.165, 1.54) is 0 Å². The molecular formula is C21H21N3OS. The second kappa shape index (κ2) is 7.00. The van der Waals surface area contributed by atoms with Crippen molar-refractivity contribution in [3.05, 3.63) is 67.0 Å². The molecule has 1 aliphatic rings. The lowest BCUT2D eigenvalue weighted by molar-refractivity contribution is -0.117. The van der Waals surface area contributed by atoms with Gasteiger partial charge in [-0.05, 0) is 36.6 Å². The fourth-order valence-corrected chi connectivity index (χ4v) is 4.09. The predicted octanol–water partition coefficient (Wildman–Crippen LogP) is 4.46. The average molecular weight is 363 g/mol. The summed E-state index contributed by atoms with van der Waals surface area (Å²) in [5, 5.41) is 0. The molecule has 0 unspecified atom stereocenters. The maximum atomic E-state index is 12.7. The van der Waals surface area contributed by atoms with Crippen LogP contribution in [0.4, 0.5) is 5.69 Å². The molecule has 1 saturated heterocycles. The minimum atomic E-state index is 0.0905. The number of carbonyl (C=O) groups excluding carboxylic acids is 1. The summed E-state index contributed by atoms with van der Waals surface area (Å²) in [6.45, 7) is 5.24. The van der Waals surface area contributed by atoms with Crippen molar-refractivity contribution in [3.63, 3.8) is 0 Å². The minimum Gasteiger partial charge on any atom is -0.324 e. The second-order valence-electron chi connectivity index (χ2n) is 6.46. The van der Waals surface area contributed by atoms with Crippen LogP contribution in [-0.4, -0.2) is 28.3 Å². The molecule has 0 N–H and O–H groups in total. The average Bonchev–Trinajstić information content (AvgIpc) is 3.23. The summed E-state index contributed by atoms with van der Waals surface area (Å²) in [5.41, 5.74) is 3.04. The van der Waals surface area contributed by atoms with Crippen LogP contribution in [0.15, 0.2) is 66.1 Å². The van der Waals surface area contributed by atoms with Crippen molar-refractivity contribution in [3.8, 4) is 0 Å². The predicted molar refractivity (Wildman–Crippen MR) is 108 cm³/mol. The first-order valence-corrected chi connectivity index (χ1v) is 9.94. The molecular weight excluding hydrogens is 342 g/mol. The molecule has 26 heavy (non-hydrogen) atoms. The smallest absolute Gasteiger partial charge is 0.227 e. The zero-order valence-electron chi connectivity index (χ0n) is 14.8. The Labute approximate surface area is 157 Å². The Hall–Kier alpha value is -2.53. The fourth-order valence-electron chi connectivity index (χ4n) is 3.64. The Balaban J connectivity index is 1.69. The van der Waals surface area contributed by atoms with E-state index < -0.39 is 0 Å². The van der Waals surface area contributed by atoms with Crippen LogP contribution >= 0.6 is 11.8 Å². The summed E-state index contributed by atoms with van der Waals surface area (Å²) in [5.74, 6) is 1.22. The van der Waals surface area contributed by atoms with Crippen LogP contribution in [0.2, 0.25) is 0 Å². The molecule has 5 heteroatoms. The first kappa shape index (κ1) is 16.9. The van der Waals surface area contributed by atoms with Crippen molar-refractivity contribution in [1.82, 2.24) is 9.55 Å². The number of imidazole rings is 1. The van der Waals surface area contributed by atoms with E-state index in [1.54, 1.807) is 11.8 Å². The lowest BCUT2D eigenvalue weighted by atomic mass is 10.1. The number of fused-ring (bicyclic) bond motifs is 1. The Morgan fingerprint density at radius 2 is 2.12 bits per heavy atom. The van der Waals surface area contributed by atoms with Gasteiger partial charge in [-0.3, -0.25) is 4.79 Å². The first-order valence-electron chi connectivity index (χ1n) is 8.71. The summed E-state index contributed by atoms with van der Waals surface area (Å²) < 4.78 is 2.18. The van der Waals surface area contributed by atoms with Crippen LogP contribution in [0.1, 0.15) is 18.2 Å². The van der Waals surface area contributed by atoms with Gasteiger partial charge in [0.05, 0.1) is 11.0 Å². The Bertz CT molecular complexity index is 978. The molecule has 0 saturated carbocycles. The molecule has 1 fully saturated rings. The third-order valence-electron chi connectivity index (χ3n) is 4.85. The van der Waals surface area contributed by atoms with E-state index in [0.717, 1.165) is 27.4 Å². The third kappa shape index (κ3) is 2.92. The van der Waals surface area contributed by atoms with Crippen LogP contribution in [-0.2, 0) is 11.3 Å². The molecule has 0 spiro atoms. The SMILES string of the molecule is C=CCn1c([C@@H]2CC(=O)N(c3cccc(SC)c3)C2)nc2ccccc21. The van der Waals surface area contributed by atoms with Gasteiger partial charge in [0.25, 0.3) is 0 Å². The topological polar surface area (TPSA) is 38.1 Å². The van der Waals surface area contributed by atoms with Gasteiger partial charge >= 0.3 is 0 Å². The number of thioether (sulfide) groups is 1. The Kier molecular flexibility index (Phi) is 4.55. The second-order valence-corrected chi connectivity index (χ2v) is 7.34. The van der Waals surface area contributed by atoms with E-state index in [9.17, 15) is 4.79 Å². The number of allylic oxidation sites excluding steroid dienone is 1. The van der Waals surface area contributed by atoms with Crippen molar-refractivity contribution < 1.29 is 4.79 Å². The summed E-state index contributed by atoms with van der Waals surface area (Å²) in [6, 6.07) is 16.3. The minimum absolute atomic E-state index is 0.0905. The van der Waals surface area contributed by atoms with Crippen LogP contribution in [0.5, 0.6) is 0 Å². The van der Waals surface area contributed by atoms with Gasteiger partial charge in [-0.25, -0.2) is 4.98 Å². The summed E-state index contributed by atoms with van der Waals surface area (Å²) in [6.07, 6.45) is 4.42. The molecule has 4 nitrogen and oxygen atoms in total. The van der Waals surface area contributed by atoms with E-state index in [-0.39, 0.29) is 11.8 Å². The van der Waals surface area contributed by atoms with Crippen molar-refractivity contribution in [2.24, 2.45) is 0 Å². The number of carbonyl (C=O) groups is 1. The van der Waals surface area contributed by atoms with Crippen LogP contribution in [0.25, 0.3) is 11.0 Å². The molecule has 2 aromatic carbocycles. The fraction of sp³-hybridized carbons (Fsp3) is 0.238. The van der Waals surface area contributed by atoms with Crippen LogP contribution < -0.4 is 4.90 Å². The number of para-hydroxylation sites is 2. The normalized spacial score (nSPS) is 17.2. The molecule has 4 rings (SSSR count). The van der Waals surface area contributed by atoms with Gasteiger partial charge in [0.15, 0.2) is 0 Å². The number of amides is 1. The molecule has 3 aromatic rings. The van der Waals surface area contributed by atoms with Gasteiger partial charge in [-0.2, -0.15) is 0 Å². The number of hydrogen-bond donors (Lipinski definition) is 0. The number of hydrogen-bond acceptors (Lipinski definition) is 3. The van der Waals surface area contributed by atoms with Gasteiger partial charge in [-0.1, -0.05) is 24.3 Å². The molecule has 1 atom stereocenters. The summed E-state index contributed by atoms with van der Waals surface area (Å²) in [7, 11) is 0. The molecule has 1 aliphatic heterocycles. The van der Waals surface area contributed by atoms with Gasteiger partial charge in [0.1, 0.15) is 5.82 Å². The lowest BCUT2D eigenvalue weighted by Gasteiger charge is -2.18. The number of rotatable bonds is 5. The zero-order valence-corrected chi connectivity index (χ0v) is 15.6. The van der Waals surface area contributed by atoms with E-state index in [2.05, 4.69) is 29.3 Å². The maximum absolute atomic E-state index is 12.7. The highest BCUT2D eigenvalue weighted by atomic mass is 32.2. The van der Waals surface area contributed by atoms with E-state index in [1.807, 2.05) is 47.6 Å². The Morgan fingerprint density at radius 1 is 1.27 bits per heavy atom. The Morgan fingerprint density at radius 3 is 2.92 bits per heavy atom. The zero-order chi connectivity index (χ0) is 18.1. The molecule has 2 heterocycles. The summed E-state index contributed by atoms with van der Waals surface area (Å²) >= 11 is 1.69. The van der Waals surface area contributed by atoms with Crippen molar-refractivity contribution in [2.75, 3.05) is 17.7 Å². The van der Waals surface area contributed by atoms with Crippen molar-refractivity contribution in [1.29, 1.82) is 0 Å². The highest BCUT2D eigenvalue weighted by molar-refractivity contribution is 7.98. The van der Waals surface area contributed by atoms with Gasteiger partial charge < -0.3 is 9.47 Å².